The molecular weight excluding hydrogens is 224 g/mol. The second-order valence-electron chi connectivity index (χ2n) is 5.13. The molecule has 2 aromatic rings. The molecule has 0 aliphatic carbocycles. The number of halogens is 2. The molecule has 0 fully saturated rings. The molecule has 1 aromatic heterocycles. The van der Waals surface area contributed by atoms with Gasteiger partial charge in [-0.1, -0.05) is 0 Å². The van der Waals surface area contributed by atoms with Gasteiger partial charge in [-0.15, -0.1) is 0 Å². The minimum Gasteiger partial charge on any atom is -0.485 e. The van der Waals surface area contributed by atoms with E-state index in [1.54, 1.807) is 33.8 Å². The van der Waals surface area contributed by atoms with Crippen LogP contribution >= 0.6 is 0 Å². The van der Waals surface area contributed by atoms with Crippen molar-refractivity contribution in [3.05, 3.63) is 29.5 Å². The lowest BCUT2D eigenvalue weighted by Gasteiger charge is -2.21. The summed E-state index contributed by atoms with van der Waals surface area (Å²) in [4.78, 5) is 2.79. The molecule has 0 saturated carbocycles. The van der Waals surface area contributed by atoms with Crippen molar-refractivity contribution in [1.82, 2.24) is 4.98 Å². The molecule has 1 aromatic carbocycles. The van der Waals surface area contributed by atoms with Gasteiger partial charge in [0, 0.05) is 17.1 Å². The van der Waals surface area contributed by atoms with E-state index >= 15 is 0 Å². The van der Waals surface area contributed by atoms with E-state index in [2.05, 4.69) is 4.98 Å². The first-order valence-corrected chi connectivity index (χ1v) is 5.44. The summed E-state index contributed by atoms with van der Waals surface area (Å²) in [6, 6.07) is 2.65. The van der Waals surface area contributed by atoms with Gasteiger partial charge in [0.15, 0.2) is 17.4 Å². The topological polar surface area (TPSA) is 25.0 Å². The van der Waals surface area contributed by atoms with Crippen molar-refractivity contribution in [2.24, 2.45) is 0 Å². The summed E-state index contributed by atoms with van der Waals surface area (Å²) in [7, 11) is 0. The van der Waals surface area contributed by atoms with Gasteiger partial charge >= 0.3 is 0 Å². The third kappa shape index (κ3) is 2.25. The number of benzene rings is 1. The van der Waals surface area contributed by atoms with Crippen LogP contribution in [0.2, 0.25) is 0 Å². The van der Waals surface area contributed by atoms with E-state index in [0.29, 0.717) is 5.69 Å². The monoisotopic (exact) mass is 239 g/mol. The fourth-order valence-corrected chi connectivity index (χ4v) is 1.74. The summed E-state index contributed by atoms with van der Waals surface area (Å²) < 4.78 is 33.2. The zero-order valence-corrected chi connectivity index (χ0v) is 10.3. The first kappa shape index (κ1) is 11.9. The zero-order chi connectivity index (χ0) is 12.8. The molecule has 17 heavy (non-hydrogen) atoms. The molecule has 0 aliphatic heterocycles. The van der Waals surface area contributed by atoms with Gasteiger partial charge in [0.05, 0.1) is 5.52 Å². The molecule has 92 valence electrons. The number of fused-ring (bicyclic) bond motifs is 1. The largest absolute Gasteiger partial charge is 0.485 e. The maximum absolute atomic E-state index is 14.1. The van der Waals surface area contributed by atoms with Crippen LogP contribution in [0.5, 0.6) is 5.75 Å². The Labute approximate surface area is 98.6 Å². The van der Waals surface area contributed by atoms with E-state index in [9.17, 15) is 8.78 Å². The summed E-state index contributed by atoms with van der Waals surface area (Å²) in [5.41, 5.74) is 0.332. The molecule has 0 radical (unpaired) electrons. The van der Waals surface area contributed by atoms with Gasteiger partial charge in [0.1, 0.15) is 5.60 Å². The van der Waals surface area contributed by atoms with Gasteiger partial charge in [-0.2, -0.15) is 0 Å². The molecular formula is C13H15F2NO. The molecule has 0 bridgehead atoms. The Hall–Kier alpha value is -1.58. The van der Waals surface area contributed by atoms with Crippen LogP contribution in [0.3, 0.4) is 0 Å². The zero-order valence-electron chi connectivity index (χ0n) is 10.3. The number of aromatic nitrogens is 1. The number of ether oxygens (including phenoxy) is 1. The van der Waals surface area contributed by atoms with Gasteiger partial charge in [0.25, 0.3) is 0 Å². The average Bonchev–Trinajstić information content (AvgIpc) is 2.54. The Bertz CT molecular complexity index is 567. The predicted molar refractivity (Wildman–Crippen MR) is 63.3 cm³/mol. The van der Waals surface area contributed by atoms with E-state index in [1.807, 2.05) is 0 Å². The van der Waals surface area contributed by atoms with E-state index in [4.69, 9.17) is 4.74 Å². The van der Waals surface area contributed by atoms with E-state index in [-0.39, 0.29) is 16.7 Å². The van der Waals surface area contributed by atoms with Crippen LogP contribution in [0.15, 0.2) is 12.1 Å². The van der Waals surface area contributed by atoms with Crippen molar-refractivity contribution >= 4 is 10.9 Å². The maximum Gasteiger partial charge on any atom is 0.174 e. The van der Waals surface area contributed by atoms with Crippen LogP contribution in [0, 0.1) is 18.6 Å². The number of aryl methyl sites for hydroxylation is 1. The van der Waals surface area contributed by atoms with Gasteiger partial charge in [-0.05, 0) is 33.8 Å². The first-order chi connectivity index (χ1) is 7.78. The highest BCUT2D eigenvalue weighted by atomic mass is 19.1. The fourth-order valence-electron chi connectivity index (χ4n) is 1.74. The smallest absolute Gasteiger partial charge is 0.174 e. The number of hydrogen-bond acceptors (Lipinski definition) is 1. The van der Waals surface area contributed by atoms with Gasteiger partial charge in [-0.3, -0.25) is 0 Å². The molecule has 2 rings (SSSR count). The van der Waals surface area contributed by atoms with Crippen LogP contribution in [0.4, 0.5) is 8.78 Å². The van der Waals surface area contributed by atoms with Crippen molar-refractivity contribution in [1.29, 1.82) is 0 Å². The molecule has 1 heterocycles. The quantitative estimate of drug-likeness (QED) is 0.801. The van der Waals surface area contributed by atoms with Crippen LogP contribution in [0.1, 0.15) is 26.5 Å². The van der Waals surface area contributed by atoms with Crippen molar-refractivity contribution < 1.29 is 13.5 Å². The van der Waals surface area contributed by atoms with Crippen LogP contribution in [0.25, 0.3) is 10.9 Å². The number of rotatable bonds is 1. The Morgan fingerprint density at radius 3 is 2.41 bits per heavy atom. The Kier molecular flexibility index (Phi) is 2.60. The Morgan fingerprint density at radius 1 is 1.18 bits per heavy atom. The summed E-state index contributed by atoms with van der Waals surface area (Å²) in [5, 5.41) is 0.224. The Balaban J connectivity index is 2.62. The lowest BCUT2D eigenvalue weighted by atomic mass is 10.1. The minimum absolute atomic E-state index is 0.0542. The maximum atomic E-state index is 14.1. The summed E-state index contributed by atoms with van der Waals surface area (Å²) in [5.74, 6) is -1.09. The highest BCUT2D eigenvalue weighted by molar-refractivity contribution is 5.83. The molecule has 0 spiro atoms. The second-order valence-corrected chi connectivity index (χ2v) is 5.13. The summed E-state index contributed by atoms with van der Waals surface area (Å²) in [6.07, 6.45) is 0. The fraction of sp³-hybridized carbons (Fsp3) is 0.385. The predicted octanol–water partition coefficient (Wildman–Crippen LogP) is 3.93. The molecule has 4 heteroatoms. The molecule has 0 amide bonds. The second kappa shape index (κ2) is 3.72. The first-order valence-electron chi connectivity index (χ1n) is 5.44. The van der Waals surface area contributed by atoms with Crippen LogP contribution in [-0.4, -0.2) is 10.6 Å². The lowest BCUT2D eigenvalue weighted by molar-refractivity contribution is 0.124. The molecule has 0 saturated heterocycles. The van der Waals surface area contributed by atoms with Gasteiger partial charge < -0.3 is 9.72 Å². The third-order valence-electron chi connectivity index (χ3n) is 2.32. The summed E-state index contributed by atoms with van der Waals surface area (Å²) >= 11 is 0. The number of aromatic amines is 1. The normalized spacial score (nSPS) is 12.1. The van der Waals surface area contributed by atoms with Gasteiger partial charge in [-0.25, -0.2) is 8.78 Å². The van der Waals surface area contributed by atoms with Crippen molar-refractivity contribution in [2.75, 3.05) is 0 Å². The van der Waals surface area contributed by atoms with Crippen LogP contribution in [-0.2, 0) is 0 Å². The molecule has 0 unspecified atom stereocenters. The third-order valence-corrected chi connectivity index (χ3v) is 2.32. The van der Waals surface area contributed by atoms with Crippen molar-refractivity contribution in [3.8, 4) is 5.75 Å². The summed E-state index contributed by atoms with van der Waals surface area (Å²) in [6.45, 7) is 7.12. The highest BCUT2D eigenvalue weighted by Crippen LogP contribution is 2.31. The van der Waals surface area contributed by atoms with Gasteiger partial charge in [0.2, 0.25) is 0 Å². The van der Waals surface area contributed by atoms with E-state index < -0.39 is 17.2 Å². The highest BCUT2D eigenvalue weighted by Gasteiger charge is 2.20. The lowest BCUT2D eigenvalue weighted by Crippen LogP contribution is -2.23. The molecule has 1 N–H and O–H groups in total. The van der Waals surface area contributed by atoms with E-state index in [1.165, 1.54) is 0 Å². The molecule has 0 aliphatic rings. The number of hydrogen-bond donors (Lipinski definition) is 1. The SMILES string of the molecule is Cc1cc2c(F)c(OC(C)(C)C)cc(F)c2[nH]1. The standard InChI is InChI=1S/C13H15F2NO/c1-7-5-8-11(15)10(17-13(2,3)4)6-9(14)12(8)16-7/h5-6,16H,1-4H3. The van der Waals surface area contributed by atoms with Crippen molar-refractivity contribution in [2.45, 2.75) is 33.3 Å². The molecule has 2 nitrogen and oxygen atoms in total. The minimum atomic E-state index is -0.563. The molecule has 0 atom stereocenters. The number of nitrogens with one attached hydrogen (secondary N) is 1. The number of H-pyrrole nitrogens is 1. The van der Waals surface area contributed by atoms with Crippen LogP contribution < -0.4 is 4.74 Å². The average molecular weight is 239 g/mol. The Morgan fingerprint density at radius 2 is 1.82 bits per heavy atom. The van der Waals surface area contributed by atoms with Crippen molar-refractivity contribution in [3.63, 3.8) is 0 Å². The van der Waals surface area contributed by atoms with E-state index in [0.717, 1.165) is 6.07 Å².